The first-order chi connectivity index (χ1) is 8.57. The molecule has 100 valence electrons. The molecule has 0 aromatic heterocycles. The van der Waals surface area contributed by atoms with Crippen LogP contribution in [-0.2, 0) is 0 Å². The first-order valence-electron chi connectivity index (χ1n) is 6.71. The van der Waals surface area contributed by atoms with Gasteiger partial charge in [0.25, 0.3) is 0 Å². The van der Waals surface area contributed by atoms with E-state index >= 15 is 0 Å². The van der Waals surface area contributed by atoms with E-state index in [0.29, 0.717) is 10.0 Å². The molecule has 3 heteroatoms. The van der Waals surface area contributed by atoms with Crippen LogP contribution >= 0.6 is 23.2 Å². The molecule has 0 bridgehead atoms. The molecule has 0 spiro atoms. The summed E-state index contributed by atoms with van der Waals surface area (Å²) in [5, 5.41) is 11.9. The van der Waals surface area contributed by atoms with Gasteiger partial charge in [0.2, 0.25) is 0 Å². The highest BCUT2D eigenvalue weighted by atomic mass is 35.5. The third kappa shape index (κ3) is 2.84. The van der Waals surface area contributed by atoms with Crippen LogP contribution in [0.3, 0.4) is 0 Å². The monoisotopic (exact) mass is 286 g/mol. The lowest BCUT2D eigenvalue weighted by Gasteiger charge is -2.41. The molecular weight excluding hydrogens is 267 g/mol. The van der Waals surface area contributed by atoms with E-state index in [0.717, 1.165) is 24.8 Å². The average Bonchev–Trinajstić information content (AvgIpc) is 2.37. The van der Waals surface area contributed by atoms with E-state index in [1.165, 1.54) is 19.3 Å². The molecule has 0 heterocycles. The number of aliphatic hydroxyl groups is 1. The highest BCUT2D eigenvalue weighted by Crippen LogP contribution is 2.48. The van der Waals surface area contributed by atoms with Gasteiger partial charge in [-0.05, 0) is 43.0 Å². The van der Waals surface area contributed by atoms with E-state index in [1.807, 2.05) is 12.1 Å². The van der Waals surface area contributed by atoms with Crippen molar-refractivity contribution in [3.8, 4) is 0 Å². The molecule has 1 unspecified atom stereocenters. The minimum atomic E-state index is -0.459. The molecule has 18 heavy (non-hydrogen) atoms. The van der Waals surface area contributed by atoms with Crippen molar-refractivity contribution in [3.63, 3.8) is 0 Å². The van der Waals surface area contributed by atoms with Gasteiger partial charge in [-0.3, -0.25) is 0 Å². The van der Waals surface area contributed by atoms with Crippen LogP contribution in [0, 0.1) is 5.41 Å². The molecule has 1 saturated carbocycles. The zero-order valence-corrected chi connectivity index (χ0v) is 12.3. The molecule has 1 atom stereocenters. The summed E-state index contributed by atoms with van der Waals surface area (Å²) in [6, 6.07) is 5.38. The van der Waals surface area contributed by atoms with Crippen molar-refractivity contribution in [3.05, 3.63) is 33.8 Å². The van der Waals surface area contributed by atoms with E-state index in [-0.39, 0.29) is 5.41 Å². The van der Waals surface area contributed by atoms with Gasteiger partial charge in [-0.25, -0.2) is 0 Å². The Morgan fingerprint density at radius 1 is 1.11 bits per heavy atom. The molecule has 0 saturated heterocycles. The Morgan fingerprint density at radius 2 is 1.67 bits per heavy atom. The van der Waals surface area contributed by atoms with Crippen molar-refractivity contribution in [1.29, 1.82) is 0 Å². The Balaban J connectivity index is 2.30. The Hall–Kier alpha value is -0.240. The summed E-state index contributed by atoms with van der Waals surface area (Å²) in [7, 11) is 0. The standard InChI is InChI=1S/C15H20Cl2O/c1-2-15(6-4-3-5-7-15)14(18)11-8-12(16)10-13(17)9-11/h8-10,14,18H,2-7H2,1H3. The van der Waals surface area contributed by atoms with Gasteiger partial charge in [0.05, 0.1) is 6.10 Å². The van der Waals surface area contributed by atoms with Crippen LogP contribution in [0.1, 0.15) is 57.1 Å². The maximum Gasteiger partial charge on any atom is 0.0847 e. The van der Waals surface area contributed by atoms with Crippen molar-refractivity contribution in [2.75, 3.05) is 0 Å². The number of halogens is 2. The molecule has 1 N–H and O–H groups in total. The first kappa shape index (κ1) is 14.2. The van der Waals surface area contributed by atoms with E-state index < -0.39 is 6.10 Å². The lowest BCUT2D eigenvalue weighted by molar-refractivity contribution is -0.00909. The SMILES string of the molecule is CCC1(C(O)c2cc(Cl)cc(Cl)c2)CCCCC1. The fourth-order valence-electron chi connectivity index (χ4n) is 3.16. The summed E-state index contributed by atoms with van der Waals surface area (Å²) in [5.41, 5.74) is 0.864. The van der Waals surface area contributed by atoms with Crippen molar-refractivity contribution >= 4 is 23.2 Å². The van der Waals surface area contributed by atoms with E-state index in [2.05, 4.69) is 6.92 Å². The number of hydrogen-bond acceptors (Lipinski definition) is 1. The summed E-state index contributed by atoms with van der Waals surface area (Å²) < 4.78 is 0. The summed E-state index contributed by atoms with van der Waals surface area (Å²) in [6.07, 6.45) is 6.42. The molecule has 0 amide bonds. The number of hydrogen-bond donors (Lipinski definition) is 1. The second-order valence-electron chi connectivity index (χ2n) is 5.38. The highest BCUT2D eigenvalue weighted by Gasteiger charge is 2.38. The number of rotatable bonds is 3. The third-order valence-electron chi connectivity index (χ3n) is 4.33. The minimum Gasteiger partial charge on any atom is -0.388 e. The quantitative estimate of drug-likeness (QED) is 0.790. The summed E-state index contributed by atoms with van der Waals surface area (Å²) >= 11 is 12.1. The molecule has 1 fully saturated rings. The zero-order valence-electron chi connectivity index (χ0n) is 10.8. The second kappa shape index (κ2) is 5.81. The van der Waals surface area contributed by atoms with Crippen LogP contribution < -0.4 is 0 Å². The molecule has 0 aliphatic heterocycles. The van der Waals surface area contributed by atoms with Gasteiger partial charge >= 0.3 is 0 Å². The zero-order chi connectivity index (χ0) is 13.2. The predicted molar refractivity (Wildman–Crippen MR) is 77.2 cm³/mol. The lowest BCUT2D eigenvalue weighted by Crippen LogP contribution is -2.30. The van der Waals surface area contributed by atoms with Crippen LogP contribution in [-0.4, -0.2) is 5.11 Å². The van der Waals surface area contributed by atoms with Gasteiger partial charge in [0.15, 0.2) is 0 Å². The summed E-state index contributed by atoms with van der Waals surface area (Å²) in [5.74, 6) is 0. The van der Waals surface area contributed by atoms with Crippen LogP contribution in [0.2, 0.25) is 10.0 Å². The van der Waals surface area contributed by atoms with Gasteiger partial charge in [-0.2, -0.15) is 0 Å². The average molecular weight is 287 g/mol. The molecule has 2 rings (SSSR count). The number of benzene rings is 1. The maximum absolute atomic E-state index is 10.7. The normalized spacial score (nSPS) is 20.7. The fourth-order valence-corrected chi connectivity index (χ4v) is 3.71. The van der Waals surface area contributed by atoms with E-state index in [4.69, 9.17) is 23.2 Å². The molecule has 1 aromatic carbocycles. The maximum atomic E-state index is 10.7. The van der Waals surface area contributed by atoms with Gasteiger partial charge in [-0.1, -0.05) is 49.4 Å². The van der Waals surface area contributed by atoms with Crippen LogP contribution in [0.15, 0.2) is 18.2 Å². The predicted octanol–water partition coefficient (Wildman–Crippen LogP) is 5.39. The van der Waals surface area contributed by atoms with Gasteiger partial charge in [-0.15, -0.1) is 0 Å². The number of aliphatic hydroxyl groups excluding tert-OH is 1. The summed E-state index contributed by atoms with van der Waals surface area (Å²) in [6.45, 7) is 2.17. The topological polar surface area (TPSA) is 20.2 Å². The third-order valence-corrected chi connectivity index (χ3v) is 4.77. The van der Waals surface area contributed by atoms with Gasteiger partial charge in [0, 0.05) is 15.5 Å². The van der Waals surface area contributed by atoms with Crippen molar-refractivity contribution < 1.29 is 5.11 Å². The van der Waals surface area contributed by atoms with Crippen molar-refractivity contribution in [1.82, 2.24) is 0 Å². The fraction of sp³-hybridized carbons (Fsp3) is 0.600. The largest absolute Gasteiger partial charge is 0.388 e. The highest BCUT2D eigenvalue weighted by molar-refractivity contribution is 6.34. The van der Waals surface area contributed by atoms with Crippen molar-refractivity contribution in [2.45, 2.75) is 51.6 Å². The summed E-state index contributed by atoms with van der Waals surface area (Å²) in [4.78, 5) is 0. The van der Waals surface area contributed by atoms with Crippen molar-refractivity contribution in [2.24, 2.45) is 5.41 Å². The molecular formula is C15H20Cl2O. The molecule has 1 aliphatic rings. The van der Waals surface area contributed by atoms with E-state index in [9.17, 15) is 5.11 Å². The second-order valence-corrected chi connectivity index (χ2v) is 6.25. The smallest absolute Gasteiger partial charge is 0.0847 e. The molecule has 1 nitrogen and oxygen atoms in total. The molecule has 0 radical (unpaired) electrons. The Labute approximate surface area is 119 Å². The van der Waals surface area contributed by atoms with Gasteiger partial charge in [0.1, 0.15) is 0 Å². The Bertz CT molecular complexity index is 391. The minimum absolute atomic E-state index is 0.00621. The lowest BCUT2D eigenvalue weighted by atomic mass is 9.67. The first-order valence-corrected chi connectivity index (χ1v) is 7.47. The molecule has 1 aromatic rings. The van der Waals surface area contributed by atoms with Gasteiger partial charge < -0.3 is 5.11 Å². The Morgan fingerprint density at radius 3 is 2.17 bits per heavy atom. The van der Waals surface area contributed by atoms with E-state index in [1.54, 1.807) is 6.07 Å². The van der Waals surface area contributed by atoms with Crippen LogP contribution in [0.5, 0.6) is 0 Å². The molecule has 1 aliphatic carbocycles. The van der Waals surface area contributed by atoms with Crippen LogP contribution in [0.4, 0.5) is 0 Å². The van der Waals surface area contributed by atoms with Crippen LogP contribution in [0.25, 0.3) is 0 Å². The Kier molecular flexibility index (Phi) is 4.58.